The number of esters is 1. The van der Waals surface area contributed by atoms with Crippen LogP contribution >= 0.6 is 11.3 Å². The number of nitrogens with zero attached hydrogens (tertiary/aromatic N) is 1. The van der Waals surface area contributed by atoms with Crippen LogP contribution in [0.15, 0.2) is 64.8 Å². The van der Waals surface area contributed by atoms with E-state index >= 15 is 0 Å². The monoisotopic (exact) mass is 461 g/mol. The Kier molecular flexibility index (Phi) is 5.97. The molecule has 4 rings (SSSR count). The van der Waals surface area contributed by atoms with Crippen molar-refractivity contribution in [3.8, 4) is 17.2 Å². The van der Waals surface area contributed by atoms with E-state index in [0.717, 1.165) is 0 Å². The van der Waals surface area contributed by atoms with Gasteiger partial charge in [-0.15, -0.1) is 11.3 Å². The summed E-state index contributed by atoms with van der Waals surface area (Å²) in [7, 11) is 1.45. The van der Waals surface area contributed by atoms with Gasteiger partial charge in [-0.05, 0) is 52.9 Å². The molecule has 8 nitrogen and oxygen atoms in total. The molecule has 0 unspecified atom stereocenters. The molecule has 166 valence electrons. The summed E-state index contributed by atoms with van der Waals surface area (Å²) in [5.74, 6) is -1.21. The number of nitrogens with one attached hydrogen (secondary N) is 1. The second-order valence-electron chi connectivity index (χ2n) is 6.90. The Morgan fingerprint density at radius 3 is 2.52 bits per heavy atom. The van der Waals surface area contributed by atoms with Gasteiger partial charge in [-0.3, -0.25) is 9.89 Å². The van der Waals surface area contributed by atoms with Crippen molar-refractivity contribution in [2.45, 2.75) is 0 Å². The lowest BCUT2D eigenvalue weighted by Gasteiger charge is -2.09. The van der Waals surface area contributed by atoms with Crippen molar-refractivity contribution in [1.82, 2.24) is 9.78 Å². The first-order valence-corrected chi connectivity index (χ1v) is 10.5. The first-order chi connectivity index (χ1) is 15.9. The Hall–Kier alpha value is -4.37. The molecule has 2 aromatic heterocycles. The summed E-state index contributed by atoms with van der Waals surface area (Å²) < 4.78 is 12.0. The highest BCUT2D eigenvalue weighted by Crippen LogP contribution is 2.29. The van der Waals surface area contributed by atoms with Crippen LogP contribution in [0.2, 0.25) is 0 Å². The molecule has 0 atom stereocenters. The average molecular weight is 461 g/mol. The predicted octanol–water partition coefficient (Wildman–Crippen LogP) is 1.06. The summed E-state index contributed by atoms with van der Waals surface area (Å²) in [6, 6.07) is 14.0. The van der Waals surface area contributed by atoms with Crippen molar-refractivity contribution < 1.29 is 24.2 Å². The predicted molar refractivity (Wildman–Crippen MR) is 121 cm³/mol. The third-order valence-corrected chi connectivity index (χ3v) is 5.64. The highest BCUT2D eigenvalue weighted by Gasteiger charge is 2.14. The van der Waals surface area contributed by atoms with Crippen molar-refractivity contribution >= 4 is 35.9 Å². The number of aromatic nitrogens is 2. The second-order valence-corrected chi connectivity index (χ2v) is 7.85. The number of benzene rings is 2. The van der Waals surface area contributed by atoms with Crippen molar-refractivity contribution in [2.75, 3.05) is 7.11 Å². The standard InChI is InChI=1S/C24H18N2O6S/c1-14-18(22(27)26(25-14)17-8-6-16(7-9-17)23(28)29)12-15-5-10-19(20(13-15)31-2)32-24(30)21-4-3-11-33-21/h3-13,25H,1H2,2H3,(H,28,29)/p-1/b18-12-. The van der Waals surface area contributed by atoms with E-state index in [1.165, 1.54) is 47.4 Å². The first kappa shape index (κ1) is 21.8. The van der Waals surface area contributed by atoms with E-state index in [1.54, 1.807) is 41.8 Å². The number of carboxylic acid groups (broad SMARTS) is 1. The first-order valence-electron chi connectivity index (χ1n) is 9.64. The molecule has 0 aliphatic heterocycles. The van der Waals surface area contributed by atoms with Crippen molar-refractivity contribution in [3.63, 3.8) is 0 Å². The summed E-state index contributed by atoms with van der Waals surface area (Å²) in [6.07, 6.45) is 1.63. The lowest BCUT2D eigenvalue weighted by molar-refractivity contribution is -0.255. The zero-order chi connectivity index (χ0) is 23.5. The van der Waals surface area contributed by atoms with Crippen molar-refractivity contribution in [3.05, 3.63) is 96.9 Å². The van der Waals surface area contributed by atoms with Gasteiger partial charge in [0.25, 0.3) is 5.56 Å². The largest absolute Gasteiger partial charge is 0.545 e. The highest BCUT2D eigenvalue weighted by atomic mass is 32.1. The SMILES string of the molecule is C=c1[nH]n(-c2ccc(C(=O)[O-])cc2)c(=O)/c1=C\c1ccc(OC(=O)c2cccs2)c(OC)c1. The van der Waals surface area contributed by atoms with Gasteiger partial charge in [0, 0.05) is 0 Å². The normalized spacial score (nSPS) is 11.4. The smallest absolute Gasteiger partial charge is 0.353 e. The molecule has 0 saturated heterocycles. The van der Waals surface area contributed by atoms with E-state index in [-0.39, 0.29) is 16.9 Å². The lowest BCUT2D eigenvalue weighted by atomic mass is 10.1. The van der Waals surface area contributed by atoms with Crippen LogP contribution < -0.4 is 30.7 Å². The molecule has 9 heteroatoms. The van der Waals surface area contributed by atoms with E-state index in [0.29, 0.717) is 32.4 Å². The van der Waals surface area contributed by atoms with Gasteiger partial charge in [-0.2, -0.15) is 0 Å². The minimum atomic E-state index is -1.30. The van der Waals surface area contributed by atoms with E-state index in [9.17, 15) is 19.5 Å². The van der Waals surface area contributed by atoms with Crippen LogP contribution in [0.25, 0.3) is 18.3 Å². The number of carboxylic acids is 1. The molecule has 0 radical (unpaired) electrons. The third kappa shape index (κ3) is 4.48. The Balaban J connectivity index is 1.68. The van der Waals surface area contributed by atoms with Gasteiger partial charge in [0.05, 0.1) is 29.3 Å². The van der Waals surface area contributed by atoms with Gasteiger partial charge >= 0.3 is 5.97 Å². The molecular formula is C24H17N2O6S-. The van der Waals surface area contributed by atoms with Gasteiger partial charge in [-0.25, -0.2) is 9.48 Å². The molecule has 0 amide bonds. The molecular weight excluding hydrogens is 444 g/mol. The quantitative estimate of drug-likeness (QED) is 0.339. The van der Waals surface area contributed by atoms with E-state index in [4.69, 9.17) is 9.47 Å². The summed E-state index contributed by atoms with van der Waals surface area (Å²) >= 11 is 1.27. The van der Waals surface area contributed by atoms with Gasteiger partial charge in [0.1, 0.15) is 4.88 Å². The van der Waals surface area contributed by atoms with Crippen LogP contribution in [0.1, 0.15) is 25.6 Å². The number of carbonyl (C=O) groups is 2. The van der Waals surface area contributed by atoms with Crippen molar-refractivity contribution in [1.29, 1.82) is 0 Å². The minimum Gasteiger partial charge on any atom is -0.545 e. The maximum atomic E-state index is 12.9. The van der Waals surface area contributed by atoms with Crippen LogP contribution in [-0.2, 0) is 0 Å². The number of aromatic amines is 1. The van der Waals surface area contributed by atoms with Crippen LogP contribution in [0.3, 0.4) is 0 Å². The zero-order valence-corrected chi connectivity index (χ0v) is 18.2. The van der Waals surface area contributed by atoms with Gasteiger partial charge < -0.3 is 19.4 Å². The second kappa shape index (κ2) is 9.01. The Morgan fingerprint density at radius 2 is 1.88 bits per heavy atom. The summed E-state index contributed by atoms with van der Waals surface area (Å²) in [5, 5.41) is 16.3. The average Bonchev–Trinajstić information content (AvgIpc) is 3.45. The topological polar surface area (TPSA) is 113 Å². The van der Waals surface area contributed by atoms with Crippen LogP contribution in [-0.4, -0.2) is 28.8 Å². The zero-order valence-electron chi connectivity index (χ0n) is 17.4. The molecule has 4 aromatic rings. The van der Waals surface area contributed by atoms with Crippen LogP contribution in [0.5, 0.6) is 11.5 Å². The molecule has 1 N–H and O–H groups in total. The number of ether oxygens (including phenoxy) is 2. The Bertz CT molecular complexity index is 1500. The maximum absolute atomic E-state index is 12.9. The molecule has 0 fully saturated rings. The van der Waals surface area contributed by atoms with E-state index in [2.05, 4.69) is 11.7 Å². The Labute approximate surface area is 191 Å². The number of hydrogen-bond acceptors (Lipinski definition) is 7. The molecule has 0 spiro atoms. The third-order valence-electron chi connectivity index (χ3n) is 4.79. The fourth-order valence-corrected chi connectivity index (χ4v) is 3.74. The maximum Gasteiger partial charge on any atom is 0.353 e. The molecule has 0 aliphatic carbocycles. The Morgan fingerprint density at radius 1 is 1.12 bits per heavy atom. The number of rotatable bonds is 6. The molecule has 0 saturated carbocycles. The van der Waals surface area contributed by atoms with E-state index in [1.807, 2.05) is 0 Å². The minimum absolute atomic E-state index is 0.00644. The highest BCUT2D eigenvalue weighted by molar-refractivity contribution is 7.12. The van der Waals surface area contributed by atoms with E-state index < -0.39 is 11.9 Å². The van der Waals surface area contributed by atoms with Crippen LogP contribution in [0, 0.1) is 0 Å². The molecule has 0 bridgehead atoms. The fraction of sp³-hybridized carbons (Fsp3) is 0.0417. The molecule has 33 heavy (non-hydrogen) atoms. The van der Waals surface area contributed by atoms with Crippen molar-refractivity contribution in [2.24, 2.45) is 0 Å². The van der Waals surface area contributed by atoms with Crippen LogP contribution in [0.4, 0.5) is 0 Å². The lowest BCUT2D eigenvalue weighted by Crippen LogP contribution is -2.34. The number of aromatic carboxylic acids is 1. The van der Waals surface area contributed by atoms with Gasteiger partial charge in [0.15, 0.2) is 11.5 Å². The number of methoxy groups -OCH3 is 1. The number of thiophene rings is 1. The fourth-order valence-electron chi connectivity index (χ4n) is 3.14. The number of carbonyl (C=O) groups excluding carboxylic acids is 2. The number of hydrogen-bond donors (Lipinski definition) is 1. The van der Waals surface area contributed by atoms with Gasteiger partial charge in [-0.1, -0.05) is 30.8 Å². The molecule has 0 aliphatic rings. The summed E-state index contributed by atoms with van der Waals surface area (Å²) in [5.41, 5.74) is 0.714. The molecule has 2 aromatic carbocycles. The molecule has 2 heterocycles. The summed E-state index contributed by atoms with van der Waals surface area (Å²) in [4.78, 5) is 36.6. The number of H-pyrrole nitrogens is 1. The van der Waals surface area contributed by atoms with Gasteiger partial charge in [0.2, 0.25) is 0 Å². The summed E-state index contributed by atoms with van der Waals surface area (Å²) in [6.45, 7) is 3.89.